The molecule has 1 saturated heterocycles. The van der Waals surface area contributed by atoms with E-state index in [1.165, 1.54) is 4.31 Å². The van der Waals surface area contributed by atoms with Gasteiger partial charge in [-0.1, -0.05) is 12.1 Å². The molecule has 33 heavy (non-hydrogen) atoms. The number of carbonyl (C=O) groups is 1. The van der Waals surface area contributed by atoms with Crippen LogP contribution in [0.4, 0.5) is 5.69 Å². The first-order valence-electron chi connectivity index (χ1n) is 10.6. The third kappa shape index (κ3) is 4.33. The maximum Gasteiger partial charge on any atom is 0.252 e. The van der Waals surface area contributed by atoms with Crippen molar-refractivity contribution in [3.8, 4) is 22.9 Å². The van der Waals surface area contributed by atoms with E-state index in [4.69, 9.17) is 14.0 Å². The number of nitrogens with zero attached hydrogens (tertiary/aromatic N) is 3. The summed E-state index contributed by atoms with van der Waals surface area (Å²) in [5.74, 6) is 1.38. The summed E-state index contributed by atoms with van der Waals surface area (Å²) in [4.78, 5) is 17.1. The van der Waals surface area contributed by atoms with E-state index in [1.807, 2.05) is 6.92 Å². The molecule has 0 radical (unpaired) electrons. The molecule has 12 heteroatoms. The summed E-state index contributed by atoms with van der Waals surface area (Å²) in [7, 11) is -3.75. The Balaban J connectivity index is 1.28. The number of rotatable bonds is 6. The Bertz CT molecular complexity index is 1290. The van der Waals surface area contributed by atoms with Gasteiger partial charge in [0.05, 0.1) is 5.92 Å². The van der Waals surface area contributed by atoms with Gasteiger partial charge in [-0.2, -0.15) is 9.29 Å². The van der Waals surface area contributed by atoms with Crippen molar-refractivity contribution < 1.29 is 27.2 Å². The predicted molar refractivity (Wildman–Crippen MR) is 120 cm³/mol. The second-order valence-corrected chi connectivity index (χ2v) is 10.9. The molecule has 0 saturated carbocycles. The minimum Gasteiger partial charge on any atom is -0.454 e. The fourth-order valence-electron chi connectivity index (χ4n) is 3.81. The van der Waals surface area contributed by atoms with E-state index in [0.29, 0.717) is 60.3 Å². The molecule has 1 amide bonds. The molecular formula is C21H22N4O6S2. The quantitative estimate of drug-likeness (QED) is 0.559. The molecular weight excluding hydrogens is 468 g/mol. The number of hydrogen-bond donors (Lipinski definition) is 1. The van der Waals surface area contributed by atoms with Crippen molar-refractivity contribution in [2.45, 2.75) is 30.4 Å². The summed E-state index contributed by atoms with van der Waals surface area (Å²) in [6.45, 7) is 2.54. The molecule has 1 aromatic carbocycles. The van der Waals surface area contributed by atoms with Gasteiger partial charge in [0.1, 0.15) is 4.21 Å². The number of amides is 1. The Morgan fingerprint density at radius 3 is 2.94 bits per heavy atom. The Labute approximate surface area is 194 Å². The van der Waals surface area contributed by atoms with Crippen molar-refractivity contribution in [3.63, 3.8) is 0 Å². The lowest BCUT2D eigenvalue weighted by molar-refractivity contribution is -0.120. The molecule has 2 aromatic heterocycles. The Morgan fingerprint density at radius 1 is 1.27 bits per heavy atom. The number of hydrogen-bond acceptors (Lipinski definition) is 9. The third-order valence-corrected chi connectivity index (χ3v) is 8.87. The fraction of sp³-hybridized carbons (Fsp3) is 0.381. The average molecular weight is 491 g/mol. The van der Waals surface area contributed by atoms with Crippen LogP contribution in [0, 0.1) is 5.92 Å². The van der Waals surface area contributed by atoms with Crippen LogP contribution >= 0.6 is 11.3 Å². The molecule has 1 fully saturated rings. The summed E-state index contributed by atoms with van der Waals surface area (Å²) in [5.41, 5.74) is 1.18. The van der Waals surface area contributed by atoms with Crippen LogP contribution in [0.25, 0.3) is 11.4 Å². The topological polar surface area (TPSA) is 124 Å². The van der Waals surface area contributed by atoms with E-state index >= 15 is 0 Å². The molecule has 1 N–H and O–H groups in total. The normalized spacial score (nSPS) is 18.4. The minimum atomic E-state index is -3.75. The molecule has 3 aromatic rings. The van der Waals surface area contributed by atoms with Crippen LogP contribution in [0.5, 0.6) is 11.5 Å². The molecule has 174 valence electrons. The second-order valence-electron chi connectivity index (χ2n) is 7.78. The van der Waals surface area contributed by atoms with Gasteiger partial charge in [-0.05, 0) is 31.0 Å². The molecule has 0 bridgehead atoms. The summed E-state index contributed by atoms with van der Waals surface area (Å²) < 4.78 is 43.8. The number of aryl methyl sites for hydroxylation is 1. The molecule has 10 nitrogen and oxygen atoms in total. The van der Waals surface area contributed by atoms with E-state index in [-0.39, 0.29) is 23.5 Å². The van der Waals surface area contributed by atoms with Crippen molar-refractivity contribution in [1.82, 2.24) is 14.4 Å². The number of fused-ring (bicyclic) bond motifs is 1. The van der Waals surface area contributed by atoms with Gasteiger partial charge >= 0.3 is 0 Å². The maximum atomic E-state index is 13.3. The zero-order chi connectivity index (χ0) is 23.0. The standard InChI is InChI=1S/C21H22N4O6S2/c1-2-18-23-20(24-31-18)14-8-19(32-11-14)33(27,28)25-7-3-4-13(10-25)21(26)22-15-5-6-16-17(9-15)30-12-29-16/h5-6,8-9,11,13H,2-4,7,10,12H2,1H3,(H,22,26)/t13-/m1/s1. The molecule has 0 aliphatic carbocycles. The zero-order valence-corrected chi connectivity index (χ0v) is 19.4. The van der Waals surface area contributed by atoms with Crippen LogP contribution in [-0.4, -0.2) is 48.7 Å². The largest absolute Gasteiger partial charge is 0.454 e. The summed E-state index contributed by atoms with van der Waals surface area (Å²) in [6, 6.07) is 6.72. The molecule has 4 heterocycles. The SMILES string of the molecule is CCc1nc(-c2csc(S(=O)(=O)N3CCC[C@@H](C(=O)Nc4ccc5c(c4)OCO5)C3)c2)no1. The van der Waals surface area contributed by atoms with E-state index in [1.54, 1.807) is 29.6 Å². The smallest absolute Gasteiger partial charge is 0.252 e. The number of carbonyl (C=O) groups excluding carboxylic acids is 1. The number of piperidine rings is 1. The van der Waals surface area contributed by atoms with Crippen molar-refractivity contribution in [2.75, 3.05) is 25.2 Å². The number of ether oxygens (including phenoxy) is 2. The van der Waals surface area contributed by atoms with Gasteiger partial charge in [-0.3, -0.25) is 4.79 Å². The lowest BCUT2D eigenvalue weighted by Crippen LogP contribution is -2.43. The van der Waals surface area contributed by atoms with Gasteiger partial charge in [0.2, 0.25) is 24.4 Å². The second kappa shape index (κ2) is 8.76. The summed E-state index contributed by atoms with van der Waals surface area (Å²) in [6.07, 6.45) is 1.81. The van der Waals surface area contributed by atoms with Crippen molar-refractivity contribution in [3.05, 3.63) is 35.5 Å². The van der Waals surface area contributed by atoms with Gasteiger partial charge in [-0.15, -0.1) is 11.3 Å². The van der Waals surface area contributed by atoms with E-state index in [2.05, 4.69) is 15.5 Å². The minimum absolute atomic E-state index is 0.119. The summed E-state index contributed by atoms with van der Waals surface area (Å²) in [5, 5.41) is 8.47. The van der Waals surface area contributed by atoms with Crippen molar-refractivity contribution in [2.24, 2.45) is 5.92 Å². The number of nitrogens with one attached hydrogen (secondary N) is 1. The Morgan fingerprint density at radius 2 is 2.12 bits per heavy atom. The molecule has 5 rings (SSSR count). The highest BCUT2D eigenvalue weighted by molar-refractivity contribution is 7.91. The zero-order valence-electron chi connectivity index (χ0n) is 17.8. The number of aromatic nitrogens is 2. The lowest BCUT2D eigenvalue weighted by atomic mass is 9.98. The van der Waals surface area contributed by atoms with E-state index in [9.17, 15) is 13.2 Å². The van der Waals surface area contributed by atoms with Crippen LogP contribution in [0.15, 0.2) is 38.4 Å². The van der Waals surface area contributed by atoms with Gasteiger partial charge < -0.3 is 19.3 Å². The first kappa shape index (κ1) is 21.9. The first-order chi connectivity index (χ1) is 15.9. The van der Waals surface area contributed by atoms with Crippen LogP contribution in [0.3, 0.4) is 0 Å². The van der Waals surface area contributed by atoms with Crippen LogP contribution in [0.1, 0.15) is 25.7 Å². The Hall–Kier alpha value is -2.96. The molecule has 0 unspecified atom stereocenters. The van der Waals surface area contributed by atoms with Crippen LogP contribution < -0.4 is 14.8 Å². The third-order valence-electron chi connectivity index (χ3n) is 5.59. The summed E-state index contributed by atoms with van der Waals surface area (Å²) >= 11 is 1.11. The van der Waals surface area contributed by atoms with Crippen molar-refractivity contribution >= 4 is 33.0 Å². The Kier molecular flexibility index (Phi) is 5.81. The number of sulfonamides is 1. The van der Waals surface area contributed by atoms with Crippen LogP contribution in [-0.2, 0) is 21.2 Å². The van der Waals surface area contributed by atoms with Gasteiger partial charge in [-0.25, -0.2) is 8.42 Å². The molecule has 1 atom stereocenters. The number of thiophene rings is 1. The predicted octanol–water partition coefficient (Wildman–Crippen LogP) is 3.13. The van der Waals surface area contributed by atoms with E-state index in [0.717, 1.165) is 11.3 Å². The first-order valence-corrected chi connectivity index (χ1v) is 12.9. The van der Waals surface area contributed by atoms with Gasteiger partial charge in [0.15, 0.2) is 11.5 Å². The highest BCUT2D eigenvalue weighted by Gasteiger charge is 2.34. The molecule has 2 aliphatic heterocycles. The molecule has 2 aliphatic rings. The fourth-order valence-corrected chi connectivity index (χ4v) is 6.64. The van der Waals surface area contributed by atoms with E-state index < -0.39 is 15.9 Å². The highest BCUT2D eigenvalue weighted by Crippen LogP contribution is 2.35. The maximum absolute atomic E-state index is 13.3. The van der Waals surface area contributed by atoms with Crippen LogP contribution in [0.2, 0.25) is 0 Å². The van der Waals surface area contributed by atoms with Gasteiger partial charge in [0.25, 0.3) is 10.0 Å². The van der Waals surface area contributed by atoms with Gasteiger partial charge in [0, 0.05) is 42.2 Å². The number of benzene rings is 1. The average Bonchev–Trinajstić information content (AvgIpc) is 3.59. The monoisotopic (exact) mass is 490 g/mol. The molecule has 0 spiro atoms. The number of anilines is 1. The van der Waals surface area contributed by atoms with Crippen molar-refractivity contribution in [1.29, 1.82) is 0 Å². The highest BCUT2D eigenvalue weighted by atomic mass is 32.2. The lowest BCUT2D eigenvalue weighted by Gasteiger charge is -2.30.